The Bertz CT molecular complexity index is 862. The van der Waals surface area contributed by atoms with E-state index in [0.29, 0.717) is 40.4 Å². The number of anilines is 2. The lowest BCUT2D eigenvalue weighted by Crippen LogP contribution is -2.34. The number of carbonyl (C=O) groups is 1. The number of hydrogen-bond acceptors (Lipinski definition) is 6. The molecule has 31 heavy (non-hydrogen) atoms. The van der Waals surface area contributed by atoms with Crippen LogP contribution in [0, 0.1) is 0 Å². The minimum Gasteiger partial charge on any atom is -0.394 e. The van der Waals surface area contributed by atoms with Gasteiger partial charge in [-0.05, 0) is 23.8 Å². The average molecular weight is 469 g/mol. The molecule has 0 aliphatic carbocycles. The molecule has 1 atom stereocenters. The van der Waals surface area contributed by atoms with Gasteiger partial charge < -0.3 is 20.6 Å². The van der Waals surface area contributed by atoms with Gasteiger partial charge in [0.05, 0.1) is 35.5 Å². The summed E-state index contributed by atoms with van der Waals surface area (Å²) in [4.78, 5) is 15.5. The number of nitrogens with zero attached hydrogens (tertiary/aromatic N) is 2. The lowest BCUT2D eigenvalue weighted by atomic mass is 10.00. The number of nitrogens with one attached hydrogen (secondary N) is 1. The predicted molar refractivity (Wildman–Crippen MR) is 123 cm³/mol. The molecule has 8 nitrogen and oxygen atoms in total. The third kappa shape index (κ3) is 8.26. The zero-order chi connectivity index (χ0) is 22.6. The molecule has 168 valence electrons. The SMILES string of the molecule is CC(COCC/C=N/OCCN(O)C(N)=O)c1ccccc1Nc1c(Cl)cccc1Cl. The third-order valence-corrected chi connectivity index (χ3v) is 4.90. The van der Waals surface area contributed by atoms with Crippen LogP contribution in [0.5, 0.6) is 0 Å². The second-order valence-electron chi connectivity index (χ2n) is 6.66. The van der Waals surface area contributed by atoms with Gasteiger partial charge in [-0.25, -0.2) is 9.86 Å². The zero-order valence-corrected chi connectivity index (χ0v) is 18.6. The molecule has 0 aliphatic rings. The van der Waals surface area contributed by atoms with Crippen molar-refractivity contribution in [1.82, 2.24) is 5.06 Å². The van der Waals surface area contributed by atoms with E-state index >= 15 is 0 Å². The van der Waals surface area contributed by atoms with Gasteiger partial charge >= 0.3 is 6.03 Å². The van der Waals surface area contributed by atoms with Crippen molar-refractivity contribution in [2.24, 2.45) is 10.9 Å². The molecule has 0 spiro atoms. The van der Waals surface area contributed by atoms with Crippen molar-refractivity contribution in [3.05, 3.63) is 58.1 Å². The molecule has 0 fully saturated rings. The minimum atomic E-state index is -0.943. The minimum absolute atomic E-state index is 0.0348. The molecule has 0 saturated heterocycles. The number of hydrogen-bond donors (Lipinski definition) is 3. The molecule has 0 aliphatic heterocycles. The third-order valence-electron chi connectivity index (χ3n) is 4.27. The molecule has 2 aromatic rings. The first kappa shape index (κ1) is 24.7. The normalized spacial score (nSPS) is 12.0. The molecule has 0 radical (unpaired) electrons. The number of oxime groups is 1. The van der Waals surface area contributed by atoms with Crippen molar-refractivity contribution in [3.63, 3.8) is 0 Å². The van der Waals surface area contributed by atoms with Crippen LogP contribution in [-0.2, 0) is 9.57 Å². The Labute approximate surface area is 191 Å². The van der Waals surface area contributed by atoms with Crippen LogP contribution in [0.4, 0.5) is 16.2 Å². The number of ether oxygens (including phenoxy) is 1. The summed E-state index contributed by atoms with van der Waals surface area (Å²) in [7, 11) is 0. The molecule has 2 rings (SSSR count). The van der Waals surface area contributed by atoms with Crippen LogP contribution in [0.1, 0.15) is 24.8 Å². The predicted octanol–water partition coefficient (Wildman–Crippen LogP) is 5.02. The summed E-state index contributed by atoms with van der Waals surface area (Å²) in [6.07, 6.45) is 2.12. The Hall–Kier alpha value is -2.52. The highest BCUT2D eigenvalue weighted by atomic mass is 35.5. The fourth-order valence-corrected chi connectivity index (χ4v) is 3.17. The highest BCUT2D eigenvalue weighted by Gasteiger charge is 2.13. The highest BCUT2D eigenvalue weighted by Crippen LogP contribution is 2.35. The Morgan fingerprint density at radius 1 is 1.23 bits per heavy atom. The van der Waals surface area contributed by atoms with E-state index in [-0.39, 0.29) is 19.1 Å². The van der Waals surface area contributed by atoms with Gasteiger partial charge in [0.15, 0.2) is 0 Å². The first-order chi connectivity index (χ1) is 14.9. The van der Waals surface area contributed by atoms with E-state index in [9.17, 15) is 4.79 Å². The Morgan fingerprint density at radius 3 is 2.65 bits per heavy atom. The number of primary amides is 1. The maximum atomic E-state index is 10.6. The van der Waals surface area contributed by atoms with Gasteiger partial charge in [0.1, 0.15) is 6.61 Å². The van der Waals surface area contributed by atoms with Crippen molar-refractivity contribution in [2.45, 2.75) is 19.3 Å². The van der Waals surface area contributed by atoms with Crippen LogP contribution in [0.3, 0.4) is 0 Å². The summed E-state index contributed by atoms with van der Waals surface area (Å²) in [5, 5.41) is 17.6. The van der Waals surface area contributed by atoms with E-state index < -0.39 is 6.03 Å². The van der Waals surface area contributed by atoms with Gasteiger partial charge in [-0.1, -0.05) is 59.5 Å². The average Bonchev–Trinajstić information content (AvgIpc) is 2.75. The van der Waals surface area contributed by atoms with Crippen molar-refractivity contribution in [3.8, 4) is 0 Å². The Kier molecular flexibility index (Phi) is 10.4. The molecule has 0 aromatic heterocycles. The monoisotopic (exact) mass is 468 g/mol. The van der Waals surface area contributed by atoms with E-state index in [2.05, 4.69) is 17.4 Å². The molecule has 2 aromatic carbocycles. The van der Waals surface area contributed by atoms with Crippen molar-refractivity contribution in [1.29, 1.82) is 0 Å². The summed E-state index contributed by atoms with van der Waals surface area (Å²) in [6, 6.07) is 12.4. The first-order valence-electron chi connectivity index (χ1n) is 9.67. The summed E-state index contributed by atoms with van der Waals surface area (Å²) in [6.45, 7) is 3.03. The summed E-state index contributed by atoms with van der Waals surface area (Å²) in [5.41, 5.74) is 7.54. The lowest BCUT2D eigenvalue weighted by Gasteiger charge is -2.19. The van der Waals surface area contributed by atoms with Crippen molar-refractivity contribution < 1.29 is 19.6 Å². The molecule has 0 saturated carbocycles. The summed E-state index contributed by atoms with van der Waals surface area (Å²) >= 11 is 12.5. The Morgan fingerprint density at radius 2 is 1.94 bits per heavy atom. The van der Waals surface area contributed by atoms with Gasteiger partial charge in [-0.15, -0.1) is 0 Å². The molecule has 2 amide bonds. The van der Waals surface area contributed by atoms with E-state index in [1.165, 1.54) is 0 Å². The van der Waals surface area contributed by atoms with Crippen molar-refractivity contribution in [2.75, 3.05) is 31.7 Å². The second-order valence-corrected chi connectivity index (χ2v) is 7.47. The molecule has 10 heteroatoms. The number of para-hydroxylation sites is 2. The highest BCUT2D eigenvalue weighted by molar-refractivity contribution is 6.39. The van der Waals surface area contributed by atoms with Gasteiger partial charge in [-0.2, -0.15) is 0 Å². The topological polar surface area (TPSA) is 109 Å². The maximum absolute atomic E-state index is 10.6. The van der Waals surface area contributed by atoms with Gasteiger partial charge in [-0.3, -0.25) is 5.21 Å². The quantitative estimate of drug-likeness (QED) is 0.175. The molecule has 1 unspecified atom stereocenters. The first-order valence-corrected chi connectivity index (χ1v) is 10.4. The molecule has 0 heterocycles. The van der Waals surface area contributed by atoms with Crippen LogP contribution >= 0.6 is 23.2 Å². The van der Waals surface area contributed by atoms with E-state index in [4.69, 9.17) is 43.7 Å². The number of hydroxylamine groups is 2. The number of nitrogens with two attached hydrogens (primary N) is 1. The number of amides is 2. The van der Waals surface area contributed by atoms with E-state index in [1.807, 2.05) is 24.3 Å². The lowest BCUT2D eigenvalue weighted by molar-refractivity contribution is -0.0560. The van der Waals surface area contributed by atoms with E-state index in [1.54, 1.807) is 24.4 Å². The number of carbonyl (C=O) groups excluding carboxylic acids is 1. The van der Waals surface area contributed by atoms with Crippen LogP contribution in [0.2, 0.25) is 10.0 Å². The van der Waals surface area contributed by atoms with Gasteiger partial charge in [0, 0.05) is 24.2 Å². The van der Waals surface area contributed by atoms with Gasteiger partial charge in [0.25, 0.3) is 0 Å². The van der Waals surface area contributed by atoms with Crippen molar-refractivity contribution >= 4 is 46.8 Å². The fourth-order valence-electron chi connectivity index (χ4n) is 2.67. The van der Waals surface area contributed by atoms with Crippen LogP contribution in [-0.4, -0.2) is 48.9 Å². The molecule has 4 N–H and O–H groups in total. The smallest absolute Gasteiger partial charge is 0.338 e. The summed E-state index contributed by atoms with van der Waals surface area (Å²) in [5.74, 6) is 0.127. The zero-order valence-electron chi connectivity index (χ0n) is 17.1. The second kappa shape index (κ2) is 13.0. The number of halogens is 2. The van der Waals surface area contributed by atoms with Crippen LogP contribution in [0.25, 0.3) is 0 Å². The molecule has 0 bridgehead atoms. The molecular weight excluding hydrogens is 443 g/mol. The number of benzene rings is 2. The number of rotatable bonds is 12. The maximum Gasteiger partial charge on any atom is 0.338 e. The number of urea groups is 1. The standard InChI is InChI=1S/C21H26Cl2N4O4/c1-15(14-30-12-5-10-25-31-13-11-27(29)21(24)28)16-6-2-3-9-19(16)26-20-17(22)7-4-8-18(20)23/h2-4,6-10,15,26,29H,5,11-14H2,1H3,(H2,24,28)/b25-10+. The molecular formula is C21H26Cl2N4O4. The summed E-state index contributed by atoms with van der Waals surface area (Å²) < 4.78 is 5.74. The Balaban J connectivity index is 1.77. The van der Waals surface area contributed by atoms with Crippen LogP contribution < -0.4 is 11.1 Å². The van der Waals surface area contributed by atoms with E-state index in [0.717, 1.165) is 11.3 Å². The largest absolute Gasteiger partial charge is 0.394 e. The van der Waals surface area contributed by atoms with Gasteiger partial charge in [0.2, 0.25) is 0 Å². The van der Waals surface area contributed by atoms with Crippen LogP contribution in [0.15, 0.2) is 47.6 Å². The fraction of sp³-hybridized carbons (Fsp3) is 0.333.